The van der Waals surface area contributed by atoms with Crippen molar-refractivity contribution in [3.05, 3.63) is 88.5 Å². The Morgan fingerprint density at radius 1 is 0.370 bits per heavy atom. The van der Waals surface area contributed by atoms with Crippen LogP contribution in [0, 0.1) is 0 Å². The fourth-order valence-corrected chi connectivity index (χ4v) is 11.9. The third-order valence-electron chi connectivity index (χ3n) is 17.1. The van der Waals surface area contributed by atoms with Crippen molar-refractivity contribution in [1.29, 1.82) is 0 Å². The summed E-state index contributed by atoms with van der Waals surface area (Å²) >= 11 is 0. The van der Waals surface area contributed by atoms with Crippen LogP contribution in [0.3, 0.4) is 0 Å². The molecule has 460 valence electrons. The Kier molecular flexibility index (Phi) is 43.5. The van der Waals surface area contributed by atoms with E-state index < -0.39 is 0 Å². The number of hydrogen-bond acceptors (Lipinski definition) is 5. The van der Waals surface area contributed by atoms with Gasteiger partial charge in [-0.05, 0) is 148 Å². The van der Waals surface area contributed by atoms with E-state index in [9.17, 15) is 10.2 Å². The SMILES string of the molecule is CCCCCCCCCCCCCCCCCCCCCCCCCCCCCCC(=Nc1ccc(CC)c(CC)c1)C(CCCCC)=Nc1ccc(CC)c(CC)c1.CCCCc1cc(N(CC)CC)c(O)c2c(O)cccc12.[Pd]. The molecule has 4 aromatic rings. The van der Waals surface area contributed by atoms with Crippen LogP contribution < -0.4 is 4.90 Å². The van der Waals surface area contributed by atoms with Gasteiger partial charge in [-0.25, -0.2) is 0 Å². The summed E-state index contributed by atoms with van der Waals surface area (Å²) in [4.78, 5) is 12.9. The molecule has 0 unspecified atom stereocenters. The van der Waals surface area contributed by atoms with Crippen LogP contribution in [-0.4, -0.2) is 34.7 Å². The van der Waals surface area contributed by atoms with Crippen molar-refractivity contribution in [2.24, 2.45) is 9.98 Å². The summed E-state index contributed by atoms with van der Waals surface area (Å²) in [6.07, 6.45) is 53.4. The van der Waals surface area contributed by atoms with Crippen LogP contribution >= 0.6 is 0 Å². The third kappa shape index (κ3) is 29.8. The Morgan fingerprint density at radius 3 is 1.07 bits per heavy atom. The monoisotopic (exact) mass is 1200 g/mol. The molecule has 0 bridgehead atoms. The molecular weight excluding hydrogens is 1080 g/mol. The summed E-state index contributed by atoms with van der Waals surface area (Å²) in [6, 6.07) is 21.3. The van der Waals surface area contributed by atoms with Crippen LogP contribution in [0.1, 0.15) is 315 Å². The van der Waals surface area contributed by atoms with Gasteiger partial charge in [0.05, 0.1) is 33.9 Å². The summed E-state index contributed by atoms with van der Waals surface area (Å²) < 4.78 is 0. The summed E-state index contributed by atoms with van der Waals surface area (Å²) in [5.74, 6) is 0.337. The Balaban J connectivity index is 0.000000846. The van der Waals surface area contributed by atoms with Crippen LogP contribution in [0.25, 0.3) is 10.8 Å². The molecule has 0 spiro atoms. The number of nitrogens with zero attached hydrogens (tertiary/aromatic N) is 3. The Morgan fingerprint density at radius 2 is 0.716 bits per heavy atom. The van der Waals surface area contributed by atoms with Crippen LogP contribution in [0.4, 0.5) is 17.1 Å². The quantitative estimate of drug-likeness (QED) is 0.0263. The first-order valence-corrected chi connectivity index (χ1v) is 34.3. The zero-order valence-corrected chi connectivity index (χ0v) is 55.6. The third-order valence-corrected chi connectivity index (χ3v) is 17.1. The van der Waals surface area contributed by atoms with Gasteiger partial charge in [0, 0.05) is 33.5 Å². The molecule has 0 aliphatic rings. The van der Waals surface area contributed by atoms with Crippen molar-refractivity contribution >= 4 is 39.3 Å². The zero-order valence-electron chi connectivity index (χ0n) is 54.0. The summed E-state index contributed by atoms with van der Waals surface area (Å²) in [7, 11) is 0. The number of aliphatic imine (C=N–C) groups is 2. The normalized spacial score (nSPS) is 11.8. The van der Waals surface area contributed by atoms with Gasteiger partial charge in [-0.15, -0.1) is 0 Å². The van der Waals surface area contributed by atoms with Crippen LogP contribution in [0.2, 0.25) is 0 Å². The fourth-order valence-electron chi connectivity index (χ4n) is 11.9. The first-order chi connectivity index (χ1) is 39.2. The molecule has 4 aromatic carbocycles. The molecule has 4 rings (SSSR count). The fraction of sp³-hybridized carbons (Fsp3) is 0.680. The number of phenols is 2. The molecule has 2 N–H and O–H groups in total. The second-order valence-electron chi connectivity index (χ2n) is 23.6. The van der Waals surface area contributed by atoms with Crippen molar-refractivity contribution in [3.8, 4) is 11.5 Å². The van der Waals surface area contributed by atoms with E-state index >= 15 is 0 Å². The van der Waals surface area contributed by atoms with Gasteiger partial charge in [0.1, 0.15) is 11.5 Å². The van der Waals surface area contributed by atoms with E-state index in [1.807, 2.05) is 12.1 Å². The van der Waals surface area contributed by atoms with E-state index in [0.717, 1.165) is 93.3 Å². The Bertz CT molecular complexity index is 2260. The van der Waals surface area contributed by atoms with E-state index in [1.54, 1.807) is 6.07 Å². The van der Waals surface area contributed by atoms with Gasteiger partial charge in [0.15, 0.2) is 0 Å². The number of benzene rings is 4. The molecule has 0 aromatic heterocycles. The molecule has 81 heavy (non-hydrogen) atoms. The van der Waals surface area contributed by atoms with Crippen LogP contribution in [0.5, 0.6) is 11.5 Å². The van der Waals surface area contributed by atoms with Gasteiger partial charge >= 0.3 is 0 Å². The van der Waals surface area contributed by atoms with E-state index in [2.05, 4.69) is 110 Å². The maximum Gasteiger partial charge on any atom is 0.150 e. The number of hydrogen-bond donors (Lipinski definition) is 2. The number of phenolic OH excluding ortho intramolecular Hbond substituents is 2. The van der Waals surface area contributed by atoms with Gasteiger partial charge in [0.25, 0.3) is 0 Å². The van der Waals surface area contributed by atoms with Gasteiger partial charge in [-0.2, -0.15) is 0 Å². The smallest absolute Gasteiger partial charge is 0.150 e. The Hall–Kier alpha value is -3.46. The number of rotatable bonds is 46. The molecule has 5 nitrogen and oxygen atoms in total. The number of aryl methyl sites for hydroxylation is 5. The predicted octanol–water partition coefficient (Wildman–Crippen LogP) is 24.1. The molecule has 0 radical (unpaired) electrons. The first kappa shape index (κ1) is 73.6. The number of fused-ring (bicyclic) bond motifs is 1. The molecule has 0 amide bonds. The van der Waals surface area contributed by atoms with E-state index in [0.29, 0.717) is 5.39 Å². The topological polar surface area (TPSA) is 68.4 Å². The summed E-state index contributed by atoms with van der Waals surface area (Å²) in [5, 5.41) is 22.3. The molecule has 0 saturated carbocycles. The predicted molar refractivity (Wildman–Crippen MR) is 358 cm³/mol. The summed E-state index contributed by atoms with van der Waals surface area (Å²) in [5.41, 5.74) is 12.4. The van der Waals surface area contributed by atoms with Crippen molar-refractivity contribution in [1.82, 2.24) is 0 Å². The van der Waals surface area contributed by atoms with E-state index in [1.165, 1.54) is 238 Å². The van der Waals surface area contributed by atoms with Crippen LogP contribution in [-0.2, 0) is 52.5 Å². The maximum atomic E-state index is 10.6. The largest absolute Gasteiger partial charge is 0.507 e. The maximum absolute atomic E-state index is 10.6. The molecule has 0 aliphatic carbocycles. The minimum Gasteiger partial charge on any atom is -0.507 e. The minimum absolute atomic E-state index is 0. The van der Waals surface area contributed by atoms with Crippen molar-refractivity contribution in [2.45, 2.75) is 319 Å². The standard InChI is InChI=1S/C57H98N2.C18H25NO2.Pd/c1-7-13-15-16-17-18-19-20-21-22-23-24-25-26-27-28-29-30-31-32-33-34-35-36-37-38-39-41-43-57(59-55-47-45-51(10-4)53(12-6)49-55)56(42-40-14-8-2)58-54-46-44-50(9-3)52(11-5)48-54;1-4-7-9-13-12-15(19(5-2)6-3)18(21)17-14(13)10-8-11-16(17)20;/h44-49H,7-43H2,1-6H3;8,10-12,20-21H,4-7,9H2,1-3H3;. The van der Waals surface area contributed by atoms with Crippen LogP contribution in [0.15, 0.2) is 70.6 Å². The first-order valence-electron chi connectivity index (χ1n) is 34.3. The van der Waals surface area contributed by atoms with Gasteiger partial charge in [-0.1, -0.05) is 265 Å². The number of unbranched alkanes of at least 4 members (excludes halogenated alkanes) is 30. The minimum atomic E-state index is 0. The summed E-state index contributed by atoms with van der Waals surface area (Å²) in [6.45, 7) is 21.7. The second kappa shape index (κ2) is 47.9. The van der Waals surface area contributed by atoms with Crippen molar-refractivity contribution < 1.29 is 30.6 Å². The van der Waals surface area contributed by atoms with E-state index in [-0.39, 0.29) is 31.9 Å². The number of anilines is 1. The average molecular weight is 1210 g/mol. The van der Waals surface area contributed by atoms with Gasteiger partial charge < -0.3 is 15.1 Å². The van der Waals surface area contributed by atoms with Crippen molar-refractivity contribution in [2.75, 3.05) is 18.0 Å². The zero-order chi connectivity index (χ0) is 57.8. The van der Waals surface area contributed by atoms with Crippen molar-refractivity contribution in [3.63, 3.8) is 0 Å². The molecule has 0 fully saturated rings. The molecule has 0 heterocycles. The molecular formula is C75H123N3O2Pd. The number of aromatic hydroxyl groups is 2. The Labute approximate surface area is 513 Å². The van der Waals surface area contributed by atoms with Gasteiger partial charge in [-0.3, -0.25) is 9.98 Å². The second-order valence-corrected chi connectivity index (χ2v) is 23.6. The molecule has 0 atom stereocenters. The van der Waals surface area contributed by atoms with Gasteiger partial charge in [0.2, 0.25) is 0 Å². The molecule has 0 aliphatic heterocycles. The molecule has 6 heteroatoms. The average Bonchev–Trinajstić information content (AvgIpc) is 3.52. The molecule has 0 saturated heterocycles. The van der Waals surface area contributed by atoms with E-state index in [4.69, 9.17) is 9.98 Å².